The summed E-state index contributed by atoms with van der Waals surface area (Å²) < 4.78 is 40.5. The van der Waals surface area contributed by atoms with Crippen molar-refractivity contribution in [2.75, 3.05) is 6.54 Å². The van der Waals surface area contributed by atoms with Gasteiger partial charge in [0.15, 0.2) is 0 Å². The SMILES string of the molecule is CCN(C1CC1)S(=O)(=O)c1cc(CN)cc(F)c1C. The van der Waals surface area contributed by atoms with Crippen LogP contribution < -0.4 is 5.73 Å². The van der Waals surface area contributed by atoms with Crippen molar-refractivity contribution in [3.63, 3.8) is 0 Å². The Labute approximate surface area is 113 Å². The Bertz CT molecular complexity index is 583. The van der Waals surface area contributed by atoms with Gasteiger partial charge in [-0.05, 0) is 37.5 Å². The van der Waals surface area contributed by atoms with E-state index in [-0.39, 0.29) is 23.0 Å². The molecule has 1 aliphatic rings. The van der Waals surface area contributed by atoms with Crippen LogP contribution >= 0.6 is 0 Å². The summed E-state index contributed by atoms with van der Waals surface area (Å²) in [5.74, 6) is -0.520. The minimum atomic E-state index is -3.64. The van der Waals surface area contributed by atoms with Crippen LogP contribution in [0, 0.1) is 12.7 Å². The molecule has 1 aromatic carbocycles. The molecular formula is C13H19FN2O2S. The molecule has 19 heavy (non-hydrogen) atoms. The van der Waals surface area contributed by atoms with Crippen molar-refractivity contribution >= 4 is 10.0 Å². The Balaban J connectivity index is 2.53. The largest absolute Gasteiger partial charge is 0.326 e. The van der Waals surface area contributed by atoms with Gasteiger partial charge in [0, 0.05) is 24.7 Å². The molecule has 0 aliphatic heterocycles. The van der Waals surface area contributed by atoms with Gasteiger partial charge < -0.3 is 5.73 Å². The summed E-state index contributed by atoms with van der Waals surface area (Å²) in [6.07, 6.45) is 1.76. The lowest BCUT2D eigenvalue weighted by Crippen LogP contribution is -2.33. The topological polar surface area (TPSA) is 63.4 Å². The van der Waals surface area contributed by atoms with E-state index in [4.69, 9.17) is 5.73 Å². The van der Waals surface area contributed by atoms with Gasteiger partial charge in [0.05, 0.1) is 4.90 Å². The van der Waals surface area contributed by atoms with Crippen LogP contribution in [0.1, 0.15) is 30.9 Å². The van der Waals surface area contributed by atoms with Gasteiger partial charge in [-0.3, -0.25) is 0 Å². The Hall–Kier alpha value is -0.980. The average Bonchev–Trinajstić information content (AvgIpc) is 3.17. The van der Waals surface area contributed by atoms with Crippen LogP contribution in [0.25, 0.3) is 0 Å². The molecule has 1 fully saturated rings. The zero-order valence-electron chi connectivity index (χ0n) is 11.2. The van der Waals surface area contributed by atoms with Crippen LogP contribution in [0.15, 0.2) is 17.0 Å². The van der Waals surface area contributed by atoms with Crippen molar-refractivity contribution < 1.29 is 12.8 Å². The normalized spacial score (nSPS) is 16.1. The molecule has 6 heteroatoms. The van der Waals surface area contributed by atoms with Crippen molar-refractivity contribution in [3.05, 3.63) is 29.1 Å². The zero-order valence-corrected chi connectivity index (χ0v) is 12.0. The fourth-order valence-corrected chi connectivity index (χ4v) is 4.19. The first-order chi connectivity index (χ1) is 8.91. The molecular weight excluding hydrogens is 267 g/mol. The first kappa shape index (κ1) is 14.4. The highest BCUT2D eigenvalue weighted by Crippen LogP contribution is 2.33. The molecule has 0 spiro atoms. The van der Waals surface area contributed by atoms with Gasteiger partial charge in [0.2, 0.25) is 10.0 Å². The number of halogens is 1. The molecule has 0 heterocycles. The van der Waals surface area contributed by atoms with Crippen molar-refractivity contribution in [1.82, 2.24) is 4.31 Å². The molecule has 0 unspecified atom stereocenters. The van der Waals surface area contributed by atoms with Gasteiger partial charge in [-0.15, -0.1) is 0 Å². The van der Waals surface area contributed by atoms with Crippen molar-refractivity contribution in [2.45, 2.75) is 44.2 Å². The quantitative estimate of drug-likeness (QED) is 0.897. The Kier molecular flexibility index (Phi) is 3.94. The molecule has 0 atom stereocenters. The summed E-state index contributed by atoms with van der Waals surface area (Å²) in [7, 11) is -3.64. The third kappa shape index (κ3) is 2.66. The molecule has 1 aliphatic carbocycles. The van der Waals surface area contributed by atoms with Crippen LogP contribution in [-0.2, 0) is 16.6 Å². The van der Waals surface area contributed by atoms with E-state index in [0.29, 0.717) is 12.1 Å². The van der Waals surface area contributed by atoms with E-state index in [1.54, 1.807) is 6.92 Å². The van der Waals surface area contributed by atoms with Crippen molar-refractivity contribution in [3.8, 4) is 0 Å². The number of sulfonamides is 1. The van der Waals surface area contributed by atoms with Gasteiger partial charge in [-0.2, -0.15) is 4.31 Å². The molecule has 106 valence electrons. The number of benzene rings is 1. The second kappa shape index (κ2) is 5.19. The second-order valence-corrected chi connectivity index (χ2v) is 6.70. The number of nitrogens with zero attached hydrogens (tertiary/aromatic N) is 1. The molecule has 2 N–H and O–H groups in total. The highest BCUT2D eigenvalue weighted by Gasteiger charge is 2.37. The van der Waals surface area contributed by atoms with Crippen LogP contribution in [0.5, 0.6) is 0 Å². The lowest BCUT2D eigenvalue weighted by atomic mass is 10.1. The van der Waals surface area contributed by atoms with Crippen molar-refractivity contribution in [2.24, 2.45) is 5.73 Å². The summed E-state index contributed by atoms with van der Waals surface area (Å²) in [4.78, 5) is 0.0432. The van der Waals surface area contributed by atoms with Gasteiger partial charge in [-0.1, -0.05) is 6.92 Å². The predicted molar refractivity (Wildman–Crippen MR) is 71.6 cm³/mol. The predicted octanol–water partition coefficient (Wildman–Crippen LogP) is 1.77. The van der Waals surface area contributed by atoms with Crippen LogP contribution in [-0.4, -0.2) is 25.3 Å². The summed E-state index contributed by atoms with van der Waals surface area (Å²) >= 11 is 0. The number of rotatable bonds is 5. The lowest BCUT2D eigenvalue weighted by Gasteiger charge is -2.21. The average molecular weight is 286 g/mol. The van der Waals surface area contributed by atoms with E-state index in [9.17, 15) is 12.8 Å². The second-order valence-electron chi connectivity index (χ2n) is 4.84. The highest BCUT2D eigenvalue weighted by atomic mass is 32.2. The molecule has 0 radical (unpaired) electrons. The van der Waals surface area contributed by atoms with E-state index < -0.39 is 15.8 Å². The smallest absolute Gasteiger partial charge is 0.243 e. The Morgan fingerprint density at radius 2 is 2.05 bits per heavy atom. The third-order valence-corrected chi connectivity index (χ3v) is 5.60. The summed E-state index contributed by atoms with van der Waals surface area (Å²) in [5, 5.41) is 0. The number of nitrogens with two attached hydrogens (primary N) is 1. The molecule has 1 saturated carbocycles. The van der Waals surface area contributed by atoms with E-state index in [1.165, 1.54) is 23.4 Å². The van der Waals surface area contributed by atoms with Crippen molar-refractivity contribution in [1.29, 1.82) is 0 Å². The first-order valence-electron chi connectivity index (χ1n) is 6.42. The maximum atomic E-state index is 13.8. The maximum absolute atomic E-state index is 13.8. The third-order valence-electron chi connectivity index (χ3n) is 3.44. The molecule has 0 amide bonds. The number of hydrogen-bond donors (Lipinski definition) is 1. The summed E-state index contributed by atoms with van der Waals surface area (Å²) in [6, 6.07) is 2.85. The Morgan fingerprint density at radius 3 is 2.53 bits per heavy atom. The van der Waals surface area contributed by atoms with Crippen LogP contribution in [0.2, 0.25) is 0 Å². The lowest BCUT2D eigenvalue weighted by molar-refractivity contribution is 0.420. The molecule has 1 aromatic rings. The molecule has 0 aromatic heterocycles. The minimum Gasteiger partial charge on any atom is -0.326 e. The van der Waals surface area contributed by atoms with E-state index in [2.05, 4.69) is 0 Å². The van der Waals surface area contributed by atoms with Gasteiger partial charge in [0.1, 0.15) is 5.82 Å². The monoisotopic (exact) mass is 286 g/mol. The molecule has 4 nitrogen and oxygen atoms in total. The maximum Gasteiger partial charge on any atom is 0.243 e. The first-order valence-corrected chi connectivity index (χ1v) is 7.86. The zero-order chi connectivity index (χ0) is 14.2. The highest BCUT2D eigenvalue weighted by molar-refractivity contribution is 7.89. The number of hydrogen-bond acceptors (Lipinski definition) is 3. The van der Waals surface area contributed by atoms with Gasteiger partial charge in [-0.25, -0.2) is 12.8 Å². The van der Waals surface area contributed by atoms with E-state index >= 15 is 0 Å². The van der Waals surface area contributed by atoms with E-state index in [1.807, 2.05) is 0 Å². The standard InChI is InChI=1S/C13H19FN2O2S/c1-3-16(11-4-5-11)19(17,18)13-7-10(8-15)6-12(14)9(13)2/h6-7,11H,3-5,8,15H2,1-2H3. The van der Waals surface area contributed by atoms with E-state index in [0.717, 1.165) is 12.8 Å². The molecule has 0 saturated heterocycles. The van der Waals surface area contributed by atoms with Gasteiger partial charge >= 0.3 is 0 Å². The fourth-order valence-electron chi connectivity index (χ4n) is 2.21. The Morgan fingerprint density at radius 1 is 1.42 bits per heavy atom. The fraction of sp³-hybridized carbons (Fsp3) is 0.538. The molecule has 0 bridgehead atoms. The van der Waals surface area contributed by atoms with Crippen LogP contribution in [0.4, 0.5) is 4.39 Å². The minimum absolute atomic E-state index is 0.0432. The summed E-state index contributed by atoms with van der Waals surface area (Å²) in [6.45, 7) is 3.81. The molecule has 2 rings (SSSR count). The van der Waals surface area contributed by atoms with Crippen LogP contribution in [0.3, 0.4) is 0 Å². The summed E-state index contributed by atoms with van der Waals surface area (Å²) in [5.41, 5.74) is 6.14. The van der Waals surface area contributed by atoms with Gasteiger partial charge in [0.25, 0.3) is 0 Å².